The van der Waals surface area contributed by atoms with Crippen LogP contribution in [-0.4, -0.2) is 67.0 Å². The van der Waals surface area contributed by atoms with Crippen LogP contribution in [0.2, 0.25) is 0 Å². The van der Waals surface area contributed by atoms with Crippen LogP contribution in [0, 0.1) is 0 Å². The van der Waals surface area contributed by atoms with E-state index in [4.69, 9.17) is 9.47 Å². The van der Waals surface area contributed by atoms with E-state index in [1.807, 2.05) is 17.0 Å². The summed E-state index contributed by atoms with van der Waals surface area (Å²) in [6.45, 7) is 7.17. The highest BCUT2D eigenvalue weighted by molar-refractivity contribution is 5.49. The first kappa shape index (κ1) is 52.7. The molecule has 0 bridgehead atoms. The number of ether oxygens (including phenoxy) is 2. The van der Waals surface area contributed by atoms with E-state index in [9.17, 15) is 15.3 Å². The van der Waals surface area contributed by atoms with Gasteiger partial charge in [0.15, 0.2) is 0 Å². The van der Waals surface area contributed by atoms with Crippen molar-refractivity contribution in [2.24, 2.45) is 0 Å². The summed E-state index contributed by atoms with van der Waals surface area (Å²) >= 11 is 0. The van der Waals surface area contributed by atoms with Gasteiger partial charge >= 0.3 is 0 Å². The Hall–Kier alpha value is -1.34. The molecular weight excluding hydrogens is 695 g/mol. The largest absolute Gasteiger partial charge is 0.508 e. The highest BCUT2D eigenvalue weighted by atomic mass is 16.5. The summed E-state index contributed by atoms with van der Waals surface area (Å²) in [7, 11) is 0. The van der Waals surface area contributed by atoms with E-state index in [1.165, 1.54) is 205 Å². The summed E-state index contributed by atoms with van der Waals surface area (Å²) in [5.41, 5.74) is 0.849. The summed E-state index contributed by atoms with van der Waals surface area (Å²) < 4.78 is 11.7. The van der Waals surface area contributed by atoms with Gasteiger partial charge in [-0.25, -0.2) is 0 Å². The maximum atomic E-state index is 10.8. The van der Waals surface area contributed by atoms with Gasteiger partial charge in [0.2, 0.25) is 0 Å². The third kappa shape index (κ3) is 35.8. The van der Waals surface area contributed by atoms with Gasteiger partial charge in [0.1, 0.15) is 5.75 Å². The first-order valence-electron chi connectivity index (χ1n) is 24.6. The number of aliphatic hydroxyl groups is 2. The second-order valence-electron chi connectivity index (χ2n) is 17.2. The lowest BCUT2D eigenvalue weighted by atomic mass is 10.0. The minimum Gasteiger partial charge on any atom is -0.508 e. The molecule has 2 atom stereocenters. The van der Waals surface area contributed by atoms with E-state index in [0.29, 0.717) is 26.3 Å². The van der Waals surface area contributed by atoms with Crippen molar-refractivity contribution in [3.63, 3.8) is 0 Å². The summed E-state index contributed by atoms with van der Waals surface area (Å²) in [5.74, 6) is 0.199. The average molecular weight is 790 g/mol. The molecule has 0 aliphatic rings. The summed E-state index contributed by atoms with van der Waals surface area (Å²) in [4.78, 5) is 1.96. The topological polar surface area (TPSA) is 82.4 Å². The van der Waals surface area contributed by atoms with Crippen LogP contribution in [0.4, 0.5) is 5.69 Å². The van der Waals surface area contributed by atoms with Crippen molar-refractivity contribution in [2.75, 3.05) is 44.4 Å². The summed E-state index contributed by atoms with van der Waals surface area (Å²) in [6, 6.07) is 6.93. The molecule has 1 aromatic rings. The number of nitrogens with zero attached hydrogens (tertiary/aromatic N) is 1. The molecule has 0 heterocycles. The Labute approximate surface area is 348 Å². The van der Waals surface area contributed by atoms with Gasteiger partial charge in [0, 0.05) is 32.0 Å². The molecule has 0 saturated heterocycles. The first-order valence-corrected chi connectivity index (χ1v) is 24.6. The van der Waals surface area contributed by atoms with Crippen LogP contribution in [-0.2, 0) is 9.47 Å². The lowest BCUT2D eigenvalue weighted by Crippen LogP contribution is -2.41. The Bertz CT molecular complexity index is 848. The van der Waals surface area contributed by atoms with Gasteiger partial charge in [-0.1, -0.05) is 219 Å². The second-order valence-corrected chi connectivity index (χ2v) is 17.2. The van der Waals surface area contributed by atoms with Crippen molar-refractivity contribution in [3.8, 4) is 5.75 Å². The molecule has 0 radical (unpaired) electrons. The zero-order valence-electron chi connectivity index (χ0n) is 37.4. The van der Waals surface area contributed by atoms with Crippen LogP contribution in [0.3, 0.4) is 0 Å². The molecular formula is C50H95NO5. The molecule has 0 aromatic heterocycles. The van der Waals surface area contributed by atoms with Crippen LogP contribution in [0.1, 0.15) is 232 Å². The van der Waals surface area contributed by atoms with Gasteiger partial charge in [-0.05, 0) is 37.1 Å². The van der Waals surface area contributed by atoms with Crippen LogP contribution < -0.4 is 4.90 Å². The molecule has 0 aliphatic carbocycles. The lowest BCUT2D eigenvalue weighted by Gasteiger charge is -2.29. The van der Waals surface area contributed by atoms with E-state index in [0.717, 1.165) is 18.5 Å². The minimum atomic E-state index is -0.669. The smallest absolute Gasteiger partial charge is 0.115 e. The number of rotatable bonds is 45. The molecule has 0 fully saturated rings. The number of anilines is 1. The number of aromatic hydroxyl groups is 1. The van der Waals surface area contributed by atoms with Crippen molar-refractivity contribution in [3.05, 3.63) is 24.3 Å². The molecule has 6 nitrogen and oxygen atoms in total. The number of hydrogen-bond acceptors (Lipinski definition) is 6. The molecule has 1 aromatic carbocycles. The van der Waals surface area contributed by atoms with Crippen molar-refractivity contribution in [1.29, 1.82) is 0 Å². The second kappa shape index (κ2) is 41.8. The molecule has 0 saturated carbocycles. The zero-order valence-corrected chi connectivity index (χ0v) is 37.4. The maximum absolute atomic E-state index is 10.8. The molecule has 6 heteroatoms. The Morgan fingerprint density at radius 1 is 0.393 bits per heavy atom. The van der Waals surface area contributed by atoms with Gasteiger partial charge < -0.3 is 29.7 Å². The van der Waals surface area contributed by atoms with E-state index >= 15 is 0 Å². The SMILES string of the molecule is CCCCCCCCCCCCCCCCCCCOCC(O)CN(CC(O)COCCCCCCCCCCCCCCCCCCC)c1ccc(O)cc1. The quantitative estimate of drug-likeness (QED) is 0.0571. The van der Waals surface area contributed by atoms with Crippen LogP contribution in [0.15, 0.2) is 24.3 Å². The molecule has 2 unspecified atom stereocenters. The number of phenols is 1. The molecule has 56 heavy (non-hydrogen) atoms. The predicted octanol–water partition coefficient (Wildman–Crippen LogP) is 14.3. The van der Waals surface area contributed by atoms with Crippen molar-refractivity contribution >= 4 is 5.69 Å². The monoisotopic (exact) mass is 790 g/mol. The van der Waals surface area contributed by atoms with Gasteiger partial charge in [-0.3, -0.25) is 0 Å². The fourth-order valence-corrected chi connectivity index (χ4v) is 7.86. The first-order chi connectivity index (χ1) is 27.6. The number of hydrogen-bond donors (Lipinski definition) is 3. The molecule has 0 spiro atoms. The molecule has 1 rings (SSSR count). The Kier molecular flexibility index (Phi) is 39.3. The summed E-state index contributed by atoms with van der Waals surface area (Å²) in [5, 5.41) is 31.4. The predicted molar refractivity (Wildman–Crippen MR) is 242 cm³/mol. The minimum absolute atomic E-state index is 0.199. The number of aliphatic hydroxyl groups excluding tert-OH is 2. The van der Waals surface area contributed by atoms with E-state index in [2.05, 4.69) is 13.8 Å². The average Bonchev–Trinajstić information content (AvgIpc) is 3.19. The summed E-state index contributed by atoms with van der Waals surface area (Å²) in [6.07, 6.45) is 44.8. The van der Waals surface area contributed by atoms with Crippen molar-refractivity contribution < 1.29 is 24.8 Å². The maximum Gasteiger partial charge on any atom is 0.115 e. The molecule has 0 amide bonds. The zero-order chi connectivity index (χ0) is 40.4. The van der Waals surface area contributed by atoms with Crippen molar-refractivity contribution in [2.45, 2.75) is 244 Å². The molecule has 0 aliphatic heterocycles. The number of benzene rings is 1. The third-order valence-electron chi connectivity index (χ3n) is 11.5. The Morgan fingerprint density at radius 3 is 0.911 bits per heavy atom. The van der Waals surface area contributed by atoms with Crippen LogP contribution >= 0.6 is 0 Å². The normalized spacial score (nSPS) is 12.7. The van der Waals surface area contributed by atoms with Crippen molar-refractivity contribution in [1.82, 2.24) is 0 Å². The van der Waals surface area contributed by atoms with Gasteiger partial charge in [-0.15, -0.1) is 0 Å². The Balaban J connectivity index is 2.04. The van der Waals surface area contributed by atoms with E-state index in [-0.39, 0.29) is 19.0 Å². The molecule has 330 valence electrons. The fourth-order valence-electron chi connectivity index (χ4n) is 7.86. The number of unbranched alkanes of at least 4 members (excludes halogenated alkanes) is 32. The van der Waals surface area contributed by atoms with E-state index in [1.54, 1.807) is 12.1 Å². The third-order valence-corrected chi connectivity index (χ3v) is 11.5. The highest BCUT2D eigenvalue weighted by Crippen LogP contribution is 2.20. The van der Waals surface area contributed by atoms with Gasteiger partial charge in [0.25, 0.3) is 0 Å². The number of phenolic OH excluding ortho intramolecular Hbond substituents is 1. The highest BCUT2D eigenvalue weighted by Gasteiger charge is 2.17. The van der Waals surface area contributed by atoms with Crippen LogP contribution in [0.5, 0.6) is 5.75 Å². The van der Waals surface area contributed by atoms with Gasteiger partial charge in [0.05, 0.1) is 25.4 Å². The Morgan fingerprint density at radius 2 is 0.643 bits per heavy atom. The fraction of sp³-hybridized carbons (Fsp3) is 0.880. The van der Waals surface area contributed by atoms with Crippen LogP contribution in [0.25, 0.3) is 0 Å². The van der Waals surface area contributed by atoms with E-state index < -0.39 is 12.2 Å². The van der Waals surface area contributed by atoms with Gasteiger partial charge in [-0.2, -0.15) is 0 Å². The standard InChI is InChI=1S/C50H95NO5/c1-3-5-7-9-11-13-15-17-19-21-23-25-27-29-31-33-35-41-55-45-49(53)43-51(47-37-39-48(52)40-38-47)44-50(54)46-56-42-36-34-32-30-28-26-24-22-20-18-16-14-12-10-8-6-4-2/h37-40,49-50,52-54H,3-36,41-46H2,1-2H3. The lowest BCUT2D eigenvalue weighted by molar-refractivity contribution is 0.0284. The molecule has 3 N–H and O–H groups in total.